The van der Waals surface area contributed by atoms with E-state index >= 15 is 0 Å². The topological polar surface area (TPSA) is 79.5 Å². The third-order valence-corrected chi connectivity index (χ3v) is 4.46. The van der Waals surface area contributed by atoms with Crippen LogP contribution in [0.3, 0.4) is 0 Å². The van der Waals surface area contributed by atoms with Gasteiger partial charge in [0.1, 0.15) is 12.4 Å². The van der Waals surface area contributed by atoms with Gasteiger partial charge < -0.3 is 19.7 Å². The van der Waals surface area contributed by atoms with Crippen LogP contribution >= 0.6 is 0 Å². The molecule has 26 heavy (non-hydrogen) atoms. The number of benzene rings is 1. The van der Waals surface area contributed by atoms with Gasteiger partial charge in [-0.3, -0.25) is 5.10 Å². The van der Waals surface area contributed by atoms with Gasteiger partial charge in [0.15, 0.2) is 0 Å². The molecule has 1 aromatic heterocycles. The van der Waals surface area contributed by atoms with E-state index in [-0.39, 0.29) is 6.03 Å². The van der Waals surface area contributed by atoms with E-state index < -0.39 is 0 Å². The van der Waals surface area contributed by atoms with Gasteiger partial charge in [0.25, 0.3) is 0 Å². The molecule has 2 amide bonds. The number of hydrogen-bond donors (Lipinski definition) is 2. The van der Waals surface area contributed by atoms with E-state index in [2.05, 4.69) is 15.5 Å². The fourth-order valence-corrected chi connectivity index (χ4v) is 3.14. The Balaban J connectivity index is 1.54. The molecule has 1 saturated heterocycles. The number of H-pyrrole nitrogens is 1. The predicted molar refractivity (Wildman–Crippen MR) is 99.6 cm³/mol. The monoisotopic (exact) mass is 358 g/mol. The average Bonchev–Trinajstić information content (AvgIpc) is 3.21. The minimum absolute atomic E-state index is 0.0827. The van der Waals surface area contributed by atoms with E-state index in [4.69, 9.17) is 9.47 Å². The number of carbonyl (C=O) groups excluding carboxylic acids is 1. The van der Waals surface area contributed by atoms with Crippen LogP contribution in [0.25, 0.3) is 0 Å². The minimum Gasteiger partial charge on any atom is -0.491 e. The van der Waals surface area contributed by atoms with E-state index in [0.29, 0.717) is 32.3 Å². The van der Waals surface area contributed by atoms with Crippen LogP contribution < -0.4 is 10.1 Å². The minimum atomic E-state index is -0.0827. The van der Waals surface area contributed by atoms with Crippen LogP contribution in [-0.4, -0.2) is 54.0 Å². The Hall–Kier alpha value is -2.54. The second-order valence-corrected chi connectivity index (χ2v) is 6.30. The number of urea groups is 1. The van der Waals surface area contributed by atoms with Gasteiger partial charge in [-0.15, -0.1) is 0 Å². The molecule has 0 bridgehead atoms. The third kappa shape index (κ3) is 4.98. The van der Waals surface area contributed by atoms with Crippen molar-refractivity contribution in [3.8, 4) is 5.75 Å². The Morgan fingerprint density at radius 1 is 1.38 bits per heavy atom. The number of amides is 2. The zero-order chi connectivity index (χ0) is 18.2. The number of nitrogens with one attached hydrogen (secondary N) is 2. The highest BCUT2D eigenvalue weighted by Crippen LogP contribution is 2.26. The Morgan fingerprint density at radius 3 is 3.12 bits per heavy atom. The summed E-state index contributed by atoms with van der Waals surface area (Å²) in [4.78, 5) is 14.5. The lowest BCUT2D eigenvalue weighted by Gasteiger charge is -2.32. The van der Waals surface area contributed by atoms with Crippen molar-refractivity contribution in [2.24, 2.45) is 0 Å². The van der Waals surface area contributed by atoms with E-state index in [0.717, 1.165) is 36.5 Å². The first-order chi connectivity index (χ1) is 12.8. The number of aromatic amines is 1. The van der Waals surface area contributed by atoms with Gasteiger partial charge in [0.05, 0.1) is 6.61 Å². The maximum atomic E-state index is 12.6. The zero-order valence-corrected chi connectivity index (χ0v) is 15.1. The first-order valence-electron chi connectivity index (χ1n) is 9.12. The Bertz CT molecular complexity index is 690. The lowest BCUT2D eigenvalue weighted by atomic mass is 9.95. The van der Waals surface area contributed by atoms with Crippen LogP contribution in [0.15, 0.2) is 36.5 Å². The summed E-state index contributed by atoms with van der Waals surface area (Å²) < 4.78 is 10.9. The molecule has 7 nitrogen and oxygen atoms in total. The van der Waals surface area contributed by atoms with Gasteiger partial charge in [-0.1, -0.05) is 6.07 Å². The van der Waals surface area contributed by atoms with Gasteiger partial charge >= 0.3 is 6.03 Å². The molecule has 3 rings (SSSR count). The maximum Gasteiger partial charge on any atom is 0.321 e. The second kappa shape index (κ2) is 9.24. The van der Waals surface area contributed by atoms with Gasteiger partial charge in [-0.2, -0.15) is 5.10 Å². The largest absolute Gasteiger partial charge is 0.491 e. The fraction of sp³-hybridized carbons (Fsp3) is 0.474. The summed E-state index contributed by atoms with van der Waals surface area (Å²) in [7, 11) is 0. The highest BCUT2D eigenvalue weighted by Gasteiger charge is 2.25. The van der Waals surface area contributed by atoms with Crippen LogP contribution in [0.2, 0.25) is 0 Å². The van der Waals surface area contributed by atoms with Crippen LogP contribution in [0, 0.1) is 0 Å². The quantitative estimate of drug-likeness (QED) is 0.745. The van der Waals surface area contributed by atoms with Crippen molar-refractivity contribution in [3.05, 3.63) is 42.2 Å². The van der Waals surface area contributed by atoms with Crippen LogP contribution in [0.4, 0.5) is 10.5 Å². The molecule has 0 saturated carbocycles. The van der Waals surface area contributed by atoms with Crippen molar-refractivity contribution in [2.45, 2.75) is 25.7 Å². The number of hydrogen-bond acceptors (Lipinski definition) is 4. The van der Waals surface area contributed by atoms with Gasteiger partial charge in [-0.05, 0) is 38.0 Å². The smallest absolute Gasteiger partial charge is 0.321 e. The highest BCUT2D eigenvalue weighted by molar-refractivity contribution is 5.89. The standard InChI is InChI=1S/C19H26N4O3/c1-2-25-11-12-26-17-7-3-6-16(13-17)21-19(24)23-10-4-5-15(14-23)18-8-9-20-22-18/h3,6-9,13,15H,2,4-5,10-12,14H2,1H3,(H,20,22)(H,21,24)/t15-/m1/s1. The van der Waals surface area contributed by atoms with Crippen LogP contribution in [0.1, 0.15) is 31.4 Å². The van der Waals surface area contributed by atoms with E-state index in [9.17, 15) is 4.79 Å². The lowest BCUT2D eigenvalue weighted by Crippen LogP contribution is -2.41. The van der Waals surface area contributed by atoms with E-state index in [1.54, 1.807) is 6.20 Å². The van der Waals surface area contributed by atoms with Gasteiger partial charge in [-0.25, -0.2) is 4.79 Å². The van der Waals surface area contributed by atoms with Crippen LogP contribution in [-0.2, 0) is 4.74 Å². The summed E-state index contributed by atoms with van der Waals surface area (Å²) in [6.07, 6.45) is 3.80. The Kier molecular flexibility index (Phi) is 6.49. The molecule has 0 unspecified atom stereocenters. The molecule has 1 aliphatic rings. The summed E-state index contributed by atoms with van der Waals surface area (Å²) in [5.74, 6) is 1.03. The number of likely N-dealkylation sites (tertiary alicyclic amines) is 1. The molecular weight excluding hydrogens is 332 g/mol. The number of aromatic nitrogens is 2. The van der Waals surface area contributed by atoms with Crippen molar-refractivity contribution in [3.63, 3.8) is 0 Å². The first kappa shape index (κ1) is 18.3. The summed E-state index contributed by atoms with van der Waals surface area (Å²) in [6.45, 7) is 5.13. The number of carbonyl (C=O) groups is 1. The van der Waals surface area contributed by atoms with Crippen molar-refractivity contribution in [1.82, 2.24) is 15.1 Å². The van der Waals surface area contributed by atoms with Crippen LogP contribution in [0.5, 0.6) is 5.75 Å². The highest BCUT2D eigenvalue weighted by atomic mass is 16.5. The molecule has 2 N–H and O–H groups in total. The molecule has 7 heteroatoms. The molecule has 0 spiro atoms. The summed E-state index contributed by atoms with van der Waals surface area (Å²) in [6, 6.07) is 9.34. The van der Waals surface area contributed by atoms with Crippen molar-refractivity contribution in [1.29, 1.82) is 0 Å². The summed E-state index contributed by atoms with van der Waals surface area (Å²) >= 11 is 0. The summed E-state index contributed by atoms with van der Waals surface area (Å²) in [5, 5.41) is 10.0. The Labute approximate surface area is 153 Å². The van der Waals surface area contributed by atoms with E-state index in [1.807, 2.05) is 42.2 Å². The second-order valence-electron chi connectivity index (χ2n) is 6.30. The molecule has 2 heterocycles. The molecule has 1 atom stereocenters. The average molecular weight is 358 g/mol. The van der Waals surface area contributed by atoms with Crippen molar-refractivity contribution >= 4 is 11.7 Å². The SMILES string of the molecule is CCOCCOc1cccc(NC(=O)N2CCC[C@@H](c3ccn[nH]3)C2)c1. The number of rotatable bonds is 7. The third-order valence-electron chi connectivity index (χ3n) is 4.46. The summed E-state index contributed by atoms with van der Waals surface area (Å²) in [5.41, 5.74) is 1.82. The number of ether oxygens (including phenoxy) is 2. The molecule has 2 aromatic rings. The number of piperidine rings is 1. The van der Waals surface area contributed by atoms with Crippen molar-refractivity contribution in [2.75, 3.05) is 38.2 Å². The first-order valence-corrected chi connectivity index (χ1v) is 9.12. The molecule has 0 aliphatic carbocycles. The molecular formula is C19H26N4O3. The maximum absolute atomic E-state index is 12.6. The zero-order valence-electron chi connectivity index (χ0n) is 15.1. The predicted octanol–water partition coefficient (Wildman–Crippen LogP) is 3.24. The van der Waals surface area contributed by atoms with Crippen molar-refractivity contribution < 1.29 is 14.3 Å². The molecule has 1 aromatic carbocycles. The van der Waals surface area contributed by atoms with E-state index in [1.165, 1.54) is 0 Å². The molecule has 140 valence electrons. The Morgan fingerprint density at radius 2 is 2.31 bits per heavy atom. The fourth-order valence-electron chi connectivity index (χ4n) is 3.14. The molecule has 1 aliphatic heterocycles. The number of nitrogens with zero attached hydrogens (tertiary/aromatic N) is 2. The normalized spacial score (nSPS) is 17.1. The van der Waals surface area contributed by atoms with Gasteiger partial charge in [0, 0.05) is 49.3 Å². The lowest BCUT2D eigenvalue weighted by molar-refractivity contribution is 0.110. The van der Waals surface area contributed by atoms with Gasteiger partial charge in [0.2, 0.25) is 0 Å². The number of anilines is 1. The molecule has 0 radical (unpaired) electrons. The molecule has 1 fully saturated rings.